The number of ether oxygens (including phenoxy) is 4. The Morgan fingerprint density at radius 3 is 1.58 bits per heavy atom. The van der Waals surface area contributed by atoms with Crippen molar-refractivity contribution in [3.05, 3.63) is 141 Å². The van der Waals surface area contributed by atoms with Crippen molar-refractivity contribution in [2.75, 3.05) is 45.9 Å². The Hall–Kier alpha value is -8.63. The summed E-state index contributed by atoms with van der Waals surface area (Å²) in [5.74, 6) is -7.39. The Bertz CT molecular complexity index is 3630. The van der Waals surface area contributed by atoms with Crippen LogP contribution >= 0.6 is 0 Å². The molecule has 0 radical (unpaired) electrons. The van der Waals surface area contributed by atoms with Crippen molar-refractivity contribution in [1.82, 2.24) is 35.1 Å². The fourth-order valence-corrected chi connectivity index (χ4v) is 13.3. The monoisotopic (exact) mass is 1490 g/mol. The number of aliphatic hydroxyl groups excluding tert-OH is 2. The molecule has 22 nitrogen and oxygen atoms in total. The molecular weight excluding hydrogens is 1390 g/mol. The van der Waals surface area contributed by atoms with Crippen molar-refractivity contribution < 1.29 is 98.7 Å². The minimum atomic E-state index is -1.41. The first-order valence-electron chi connectivity index (χ1n) is 36.4. The molecule has 1 unspecified atom stereocenters. The van der Waals surface area contributed by atoms with Crippen LogP contribution in [0.3, 0.4) is 0 Å². The summed E-state index contributed by atoms with van der Waals surface area (Å²) in [6.07, 6.45) is 1.86. The highest BCUT2D eigenvalue weighted by molar-refractivity contribution is 6.00. The smallest absolute Gasteiger partial charge is 0.416 e. The zero-order valence-corrected chi connectivity index (χ0v) is 63.0. The molecule has 4 aromatic rings. The van der Waals surface area contributed by atoms with Gasteiger partial charge in [-0.3, -0.25) is 24.1 Å². The van der Waals surface area contributed by atoms with Crippen molar-refractivity contribution in [1.29, 1.82) is 0 Å². The number of hydrogen-bond donors (Lipinski definition) is 4. The van der Waals surface area contributed by atoms with Crippen molar-refractivity contribution in [2.24, 2.45) is 17.8 Å². The van der Waals surface area contributed by atoms with E-state index in [2.05, 4.69) is 10.6 Å². The summed E-state index contributed by atoms with van der Waals surface area (Å²) in [6, 6.07) is 11.3. The number of halogens is 6. The Morgan fingerprint density at radius 2 is 1.08 bits per heavy atom. The molecule has 5 aliphatic heterocycles. The van der Waals surface area contributed by atoms with Gasteiger partial charge in [-0.1, -0.05) is 41.5 Å². The molecule has 584 valence electrons. The number of cyclic esters (lactones) is 2. The first-order valence-corrected chi connectivity index (χ1v) is 36.4. The maximum atomic E-state index is 13.9. The summed E-state index contributed by atoms with van der Waals surface area (Å²) in [7, 11) is 0. The number of aliphatic hydroxyl groups is 2. The first kappa shape index (κ1) is 86.3. The minimum Gasteiger partial charge on any atom is -0.447 e. The minimum absolute atomic E-state index is 0.00120. The molecule has 0 bridgehead atoms. The quantitative estimate of drug-likeness (QED) is 0.0323. The van der Waals surface area contributed by atoms with Crippen LogP contribution in [0.5, 0.6) is 0 Å². The average molecular weight is 1490 g/mol. The van der Waals surface area contributed by atoms with E-state index in [1.165, 1.54) is 34.1 Å². The Labute approximate surface area is 617 Å². The van der Waals surface area contributed by atoms with Crippen molar-refractivity contribution in [3.63, 3.8) is 0 Å². The van der Waals surface area contributed by atoms with E-state index in [4.69, 9.17) is 18.9 Å². The van der Waals surface area contributed by atoms with Gasteiger partial charge >= 0.3 is 24.4 Å². The number of benzene rings is 4. The van der Waals surface area contributed by atoms with E-state index in [0.29, 0.717) is 67.3 Å². The van der Waals surface area contributed by atoms with Gasteiger partial charge < -0.3 is 54.4 Å². The molecule has 4 aromatic carbocycles. The summed E-state index contributed by atoms with van der Waals surface area (Å²) in [4.78, 5) is 118. The molecule has 5 heterocycles. The van der Waals surface area contributed by atoms with Gasteiger partial charge in [0.1, 0.15) is 65.6 Å². The molecule has 5 fully saturated rings. The van der Waals surface area contributed by atoms with Crippen LogP contribution in [0.15, 0.2) is 72.8 Å². The van der Waals surface area contributed by atoms with Crippen molar-refractivity contribution in [2.45, 2.75) is 227 Å². The lowest BCUT2D eigenvalue weighted by Crippen LogP contribution is -2.53. The van der Waals surface area contributed by atoms with Crippen LogP contribution in [0.2, 0.25) is 0 Å². The Kier molecular flexibility index (Phi) is 32.0. The van der Waals surface area contributed by atoms with E-state index in [-0.39, 0.29) is 92.3 Å². The standard InChI is InChI=1S/C28H37F2N3O3.C25H34F2N2O6.C15H17F2NO3.C10H17NO3/c1-4-9-33(10-5-2)28(36)21-12-18(3)11-20(16-21)27(35)32-25(26(34)24-7-6-8-31-24)15-19-13-22(29)17-23(30)14-19;1-14(2)20-13-34-24(33)29(20)22(31)18(11-15-9-16(26)12-17(27)10-15)21(30)19-7-6-8-28(19)23(32)35-25(3,4)5;1-9(2)13-8-21-15(20)18(13)14(19)4-3-10-5-11(16)7-12(17)6-10;1-10(2,3)14-9(13)11-6-4-5-8(11)7-12/h11-14,16-17,24-26,31,34H,4-10,15H2,1-3H3,(H,32,35);9-10,12,14,18-21,30H,6-8,11,13H2,1-5H3;5-7,9,13H,3-4,8H2,1-2H3;7-8H,4-6H2,1-3H3/t24-,25?,26-;18-,19+,20+,21-;13-;8-/m1011/s1. The van der Waals surface area contributed by atoms with Gasteiger partial charge in [-0.15, -0.1) is 0 Å². The van der Waals surface area contributed by atoms with E-state index in [1.54, 1.807) is 43.9 Å². The summed E-state index contributed by atoms with van der Waals surface area (Å²) in [5.41, 5.74) is 1.12. The fraction of sp³-hybridized carbons (Fsp3) is 0.577. The summed E-state index contributed by atoms with van der Waals surface area (Å²) in [5, 5.41) is 28.6. The molecule has 106 heavy (non-hydrogen) atoms. The summed E-state index contributed by atoms with van der Waals surface area (Å²) >= 11 is 0. The summed E-state index contributed by atoms with van der Waals surface area (Å²) < 4.78 is 102. The maximum absolute atomic E-state index is 13.9. The molecule has 9 rings (SSSR count). The predicted octanol–water partition coefficient (Wildman–Crippen LogP) is 12.4. The van der Waals surface area contributed by atoms with Gasteiger partial charge in [0.2, 0.25) is 11.8 Å². The van der Waals surface area contributed by atoms with E-state index >= 15 is 0 Å². The molecule has 5 saturated heterocycles. The van der Waals surface area contributed by atoms with Crippen molar-refractivity contribution in [3.8, 4) is 0 Å². The number of nitrogens with zero attached hydrogens (tertiary/aromatic N) is 5. The van der Waals surface area contributed by atoms with Gasteiger partial charge in [-0.2, -0.15) is 0 Å². The lowest BCUT2D eigenvalue weighted by molar-refractivity contribution is -0.139. The Morgan fingerprint density at radius 1 is 0.613 bits per heavy atom. The van der Waals surface area contributed by atoms with Crippen molar-refractivity contribution >= 4 is 54.3 Å². The summed E-state index contributed by atoms with van der Waals surface area (Å²) in [6.45, 7) is 27.1. The highest BCUT2D eigenvalue weighted by Crippen LogP contribution is 2.33. The number of aldehydes is 1. The fourth-order valence-electron chi connectivity index (χ4n) is 13.3. The second-order valence-corrected chi connectivity index (χ2v) is 30.1. The van der Waals surface area contributed by atoms with Crippen LogP contribution in [-0.4, -0.2) is 195 Å². The van der Waals surface area contributed by atoms with Crippen LogP contribution in [0.4, 0.5) is 45.5 Å². The van der Waals surface area contributed by atoms with Crippen LogP contribution in [0.1, 0.15) is 184 Å². The molecule has 28 heteroatoms. The zero-order valence-electron chi connectivity index (χ0n) is 63.0. The molecule has 5 aliphatic rings. The molecule has 8 amide bonds. The number of hydrogen-bond acceptors (Lipinski definition) is 16. The lowest BCUT2D eigenvalue weighted by atomic mass is 9.87. The van der Waals surface area contributed by atoms with Crippen LogP contribution in [0, 0.1) is 59.6 Å². The molecule has 0 spiro atoms. The number of rotatable bonds is 22. The van der Waals surface area contributed by atoms with E-state index in [1.807, 2.05) is 69.2 Å². The molecule has 0 saturated carbocycles. The van der Waals surface area contributed by atoms with Crippen LogP contribution < -0.4 is 10.6 Å². The normalized spacial score (nSPS) is 19.7. The number of likely N-dealkylation sites (tertiary alicyclic amines) is 2. The van der Waals surface area contributed by atoms with Gasteiger partial charge in [-0.05, 0) is 214 Å². The van der Waals surface area contributed by atoms with E-state index < -0.39 is 112 Å². The Balaban J connectivity index is 0.000000234. The maximum Gasteiger partial charge on any atom is 0.416 e. The van der Waals surface area contributed by atoms with Gasteiger partial charge in [0, 0.05) is 68.0 Å². The lowest BCUT2D eigenvalue weighted by Gasteiger charge is -2.35. The number of amides is 8. The van der Waals surface area contributed by atoms with Gasteiger partial charge in [0.05, 0.1) is 48.3 Å². The second kappa shape index (κ2) is 39.3. The van der Waals surface area contributed by atoms with Gasteiger partial charge in [0.15, 0.2) is 0 Å². The number of aryl methyl sites for hydroxylation is 2. The topological polar surface area (TPSA) is 271 Å². The van der Waals surface area contributed by atoms with Crippen LogP contribution in [0.25, 0.3) is 0 Å². The third-order valence-corrected chi connectivity index (χ3v) is 18.4. The number of carbonyl (C=O) groups is 9. The third-order valence-electron chi connectivity index (χ3n) is 18.4. The molecular formula is C78H105F6N7O15. The highest BCUT2D eigenvalue weighted by Gasteiger charge is 2.48. The van der Waals surface area contributed by atoms with Gasteiger partial charge in [-0.25, -0.2) is 55.3 Å². The van der Waals surface area contributed by atoms with E-state index in [0.717, 1.165) is 91.0 Å². The number of nitrogens with one attached hydrogen (secondary N) is 2. The number of carbonyl (C=O) groups excluding carboxylic acids is 9. The number of imide groups is 2. The largest absolute Gasteiger partial charge is 0.447 e. The molecule has 0 aliphatic carbocycles. The third kappa shape index (κ3) is 25.3. The predicted molar refractivity (Wildman–Crippen MR) is 382 cm³/mol. The highest BCUT2D eigenvalue weighted by atomic mass is 19.2. The molecule has 0 aromatic heterocycles. The average Bonchev–Trinajstić information content (AvgIpc) is 1.53. The second-order valence-electron chi connectivity index (χ2n) is 30.1. The van der Waals surface area contributed by atoms with Gasteiger partial charge in [0.25, 0.3) is 11.8 Å². The van der Waals surface area contributed by atoms with E-state index in [9.17, 15) is 79.7 Å². The first-order chi connectivity index (χ1) is 49.8. The molecule has 4 N–H and O–H groups in total. The van der Waals surface area contributed by atoms with Crippen LogP contribution in [-0.2, 0) is 52.6 Å². The zero-order chi connectivity index (χ0) is 78.7. The SMILES string of the molecule is CC(C)(C)OC(=O)N1CCC[C@@H]1C=O.CC(C)[C@H]1COC(=O)N1C(=O)CCc1cc(F)cc(F)c1.CC(C)[C@H]1COC(=O)N1C(=O)[C@@H](Cc1cc(F)cc(F)c1)[C@H](O)[C@H]1CCCN1C(=O)OC(C)(C)C.CCCN(CCC)C(=O)c1cc(C)cc(C(=O)NC(Cc2cc(F)cc(F)c2)[C@H](O)[C@H]2CCCN2)c1. The molecule has 9 atom stereocenters.